The van der Waals surface area contributed by atoms with Gasteiger partial charge in [0.25, 0.3) is 11.8 Å². The second-order valence-electron chi connectivity index (χ2n) is 9.37. The maximum atomic E-state index is 14.9. The number of hydrogen-bond donors (Lipinski definition) is 2. The number of alkyl halides is 2. The first-order valence-corrected chi connectivity index (χ1v) is 12.3. The summed E-state index contributed by atoms with van der Waals surface area (Å²) in [5.74, 6) is -9.30. The van der Waals surface area contributed by atoms with Gasteiger partial charge in [0.05, 0.1) is 30.3 Å². The third-order valence-electron chi connectivity index (χ3n) is 7.40. The summed E-state index contributed by atoms with van der Waals surface area (Å²) in [5, 5.41) is 13.3. The van der Waals surface area contributed by atoms with Crippen LogP contribution in [0.1, 0.15) is 12.0 Å². The lowest BCUT2D eigenvalue weighted by molar-refractivity contribution is -0.153. The smallest absolute Gasteiger partial charge is 0.310 e. The van der Waals surface area contributed by atoms with Gasteiger partial charge in [-0.15, -0.1) is 0 Å². The fourth-order valence-corrected chi connectivity index (χ4v) is 6.75. The molecule has 0 unspecified atom stereocenters. The molecule has 3 aliphatic rings. The standard InChI is InChI=1S/C24H20Cl3F2N3O5/c1-31(12-3-10(25)4-13(7-12)37-2)20(33)17-16-8-23(28,29)9-32(16)24(18(17)21(34)35)14-5-11(26)6-15(27)19(14)30-22(24)36/h3-7,16-18H,8-9H2,1-2H3,(H,30,36)(H,34,35)/t16-,17+,18-,24+/m0/s1. The number of nitrogens with one attached hydrogen (secondary N) is 1. The molecule has 0 radical (unpaired) electrons. The van der Waals surface area contributed by atoms with Crippen molar-refractivity contribution in [2.24, 2.45) is 11.8 Å². The molecule has 2 fully saturated rings. The van der Waals surface area contributed by atoms with Crippen LogP contribution >= 0.6 is 34.8 Å². The molecule has 0 bridgehead atoms. The van der Waals surface area contributed by atoms with Gasteiger partial charge in [0.1, 0.15) is 17.2 Å². The van der Waals surface area contributed by atoms with Crippen LogP contribution in [0.2, 0.25) is 15.1 Å². The molecule has 3 aliphatic heterocycles. The molecule has 8 nitrogen and oxygen atoms in total. The molecule has 2 aromatic carbocycles. The number of methoxy groups -OCH3 is 1. The first kappa shape index (κ1) is 26.0. The highest BCUT2D eigenvalue weighted by Crippen LogP contribution is 2.61. The summed E-state index contributed by atoms with van der Waals surface area (Å²) < 4.78 is 34.9. The van der Waals surface area contributed by atoms with Gasteiger partial charge in [0, 0.05) is 46.9 Å². The second-order valence-corrected chi connectivity index (χ2v) is 10.7. The molecule has 0 saturated carbocycles. The number of aliphatic carboxylic acids is 1. The van der Waals surface area contributed by atoms with Crippen LogP contribution in [-0.2, 0) is 19.9 Å². The van der Waals surface area contributed by atoms with E-state index in [2.05, 4.69) is 5.32 Å². The zero-order chi connectivity index (χ0) is 27.0. The topological polar surface area (TPSA) is 99.2 Å². The molecule has 196 valence electrons. The molecular weight excluding hydrogens is 555 g/mol. The quantitative estimate of drug-likeness (QED) is 0.558. The summed E-state index contributed by atoms with van der Waals surface area (Å²) in [4.78, 5) is 42.7. The zero-order valence-corrected chi connectivity index (χ0v) is 21.7. The lowest BCUT2D eigenvalue weighted by Gasteiger charge is -2.36. The third kappa shape index (κ3) is 3.76. The van der Waals surface area contributed by atoms with Crippen LogP contribution in [0.3, 0.4) is 0 Å². The van der Waals surface area contributed by atoms with E-state index in [0.29, 0.717) is 5.75 Å². The maximum absolute atomic E-state index is 14.9. The van der Waals surface area contributed by atoms with Gasteiger partial charge in [0.2, 0.25) is 5.91 Å². The van der Waals surface area contributed by atoms with E-state index in [4.69, 9.17) is 39.5 Å². The van der Waals surface area contributed by atoms with Crippen LogP contribution in [0.4, 0.5) is 20.2 Å². The minimum atomic E-state index is -3.27. The van der Waals surface area contributed by atoms with E-state index in [1.807, 2.05) is 0 Å². The Morgan fingerprint density at radius 3 is 2.49 bits per heavy atom. The summed E-state index contributed by atoms with van der Waals surface area (Å²) >= 11 is 18.6. The molecule has 0 aliphatic carbocycles. The Morgan fingerprint density at radius 1 is 1.16 bits per heavy atom. The molecular formula is C24H20Cl3F2N3O5. The Hall–Kier alpha value is -2.66. The average Bonchev–Trinajstić information content (AvgIpc) is 3.38. The number of amides is 2. The van der Waals surface area contributed by atoms with Gasteiger partial charge in [0.15, 0.2) is 0 Å². The van der Waals surface area contributed by atoms with Crippen molar-refractivity contribution in [1.82, 2.24) is 4.90 Å². The number of hydrogen-bond acceptors (Lipinski definition) is 5. The van der Waals surface area contributed by atoms with Gasteiger partial charge >= 0.3 is 5.97 Å². The minimum Gasteiger partial charge on any atom is -0.497 e. The molecule has 5 rings (SSSR count). The molecule has 4 atom stereocenters. The second kappa shape index (κ2) is 8.69. The van der Waals surface area contributed by atoms with Crippen LogP contribution in [0.25, 0.3) is 0 Å². The number of halogens is 5. The number of nitrogens with zero attached hydrogens (tertiary/aromatic N) is 2. The highest BCUT2D eigenvalue weighted by atomic mass is 35.5. The van der Waals surface area contributed by atoms with Gasteiger partial charge in [-0.2, -0.15) is 0 Å². The number of fused-ring (bicyclic) bond motifs is 4. The number of rotatable bonds is 4. The first-order chi connectivity index (χ1) is 17.3. The van der Waals surface area contributed by atoms with Crippen LogP contribution < -0.4 is 15.0 Å². The normalized spacial score (nSPS) is 27.6. The molecule has 2 amide bonds. The predicted octanol–water partition coefficient (Wildman–Crippen LogP) is 4.51. The molecule has 3 heterocycles. The van der Waals surface area contributed by atoms with Crippen LogP contribution in [0, 0.1) is 11.8 Å². The van der Waals surface area contributed by atoms with Crippen molar-refractivity contribution in [2.45, 2.75) is 23.9 Å². The lowest BCUT2D eigenvalue weighted by Crippen LogP contribution is -2.54. The van der Waals surface area contributed by atoms with Gasteiger partial charge in [-0.05, 0) is 24.3 Å². The number of carbonyl (C=O) groups is 3. The Morgan fingerprint density at radius 2 is 1.84 bits per heavy atom. The Kier molecular flexibility index (Phi) is 6.10. The van der Waals surface area contributed by atoms with Crippen molar-refractivity contribution in [1.29, 1.82) is 0 Å². The summed E-state index contributed by atoms with van der Waals surface area (Å²) in [7, 11) is 2.79. The molecule has 0 aromatic heterocycles. The van der Waals surface area contributed by atoms with E-state index in [-0.39, 0.29) is 32.0 Å². The SMILES string of the molecule is COc1cc(Cl)cc(N(C)C(=O)[C@H]2[C@@H](C(=O)O)[C@]3(C(=O)Nc4c(Cl)cc(Cl)cc43)N3CC(F)(F)C[C@@H]23)c1. The van der Waals surface area contributed by atoms with E-state index < -0.39 is 60.1 Å². The Bertz CT molecular complexity index is 1360. The summed E-state index contributed by atoms with van der Waals surface area (Å²) in [6, 6.07) is 5.90. The summed E-state index contributed by atoms with van der Waals surface area (Å²) in [6.45, 7) is -0.920. The van der Waals surface area contributed by atoms with Gasteiger partial charge in [-0.3, -0.25) is 19.3 Å². The van der Waals surface area contributed by atoms with Crippen molar-refractivity contribution >= 4 is 64.0 Å². The zero-order valence-electron chi connectivity index (χ0n) is 19.4. The molecule has 13 heteroatoms. The van der Waals surface area contributed by atoms with Gasteiger partial charge in [-0.25, -0.2) is 8.78 Å². The third-order valence-corrected chi connectivity index (χ3v) is 8.13. The van der Waals surface area contributed by atoms with Crippen molar-refractivity contribution < 1.29 is 33.0 Å². The number of carboxylic acid groups (broad SMARTS) is 1. The fourth-order valence-electron chi connectivity index (χ4n) is 5.99. The van der Waals surface area contributed by atoms with Crippen molar-refractivity contribution in [3.05, 3.63) is 51.0 Å². The predicted molar refractivity (Wildman–Crippen MR) is 133 cm³/mol. The molecule has 2 aromatic rings. The van der Waals surface area contributed by atoms with Crippen LogP contribution in [-0.4, -0.2) is 60.5 Å². The van der Waals surface area contributed by atoms with E-state index in [1.54, 1.807) is 0 Å². The van der Waals surface area contributed by atoms with Gasteiger partial charge < -0.3 is 20.1 Å². The van der Waals surface area contributed by atoms with E-state index >= 15 is 0 Å². The van der Waals surface area contributed by atoms with Crippen molar-refractivity contribution in [2.75, 3.05) is 30.9 Å². The number of ether oxygens (including phenoxy) is 1. The summed E-state index contributed by atoms with van der Waals surface area (Å²) in [6.07, 6.45) is -0.807. The van der Waals surface area contributed by atoms with Crippen LogP contribution in [0.15, 0.2) is 30.3 Å². The van der Waals surface area contributed by atoms with Crippen molar-refractivity contribution in [3.8, 4) is 5.75 Å². The number of carboxylic acids is 1. The number of carbonyl (C=O) groups excluding carboxylic acids is 2. The average molecular weight is 575 g/mol. The fraction of sp³-hybridized carbons (Fsp3) is 0.375. The number of benzene rings is 2. The van der Waals surface area contributed by atoms with E-state index in [0.717, 1.165) is 9.80 Å². The number of anilines is 2. The highest BCUT2D eigenvalue weighted by Gasteiger charge is 2.74. The monoisotopic (exact) mass is 573 g/mol. The van der Waals surface area contributed by atoms with E-state index in [9.17, 15) is 28.3 Å². The van der Waals surface area contributed by atoms with Crippen molar-refractivity contribution in [3.63, 3.8) is 0 Å². The Labute approximate surface area is 225 Å². The first-order valence-electron chi connectivity index (χ1n) is 11.1. The maximum Gasteiger partial charge on any atom is 0.310 e. The minimum absolute atomic E-state index is 0.0253. The molecule has 37 heavy (non-hydrogen) atoms. The Balaban J connectivity index is 1.70. The molecule has 1 spiro atoms. The van der Waals surface area contributed by atoms with Gasteiger partial charge in [-0.1, -0.05) is 34.8 Å². The van der Waals surface area contributed by atoms with Crippen LogP contribution in [0.5, 0.6) is 5.75 Å². The largest absolute Gasteiger partial charge is 0.497 e. The summed E-state index contributed by atoms with van der Waals surface area (Å²) in [5.41, 5.74) is -1.74. The molecule has 2 saturated heterocycles. The lowest BCUT2D eigenvalue weighted by atomic mass is 9.73. The molecule has 2 N–H and O–H groups in total. The van der Waals surface area contributed by atoms with E-state index in [1.165, 1.54) is 44.5 Å². The highest BCUT2D eigenvalue weighted by molar-refractivity contribution is 6.38.